The van der Waals surface area contributed by atoms with Gasteiger partial charge in [0.1, 0.15) is 5.39 Å². The molecule has 0 aliphatic heterocycles. The molecule has 7 nitrogen and oxygen atoms in total. The minimum Gasteiger partial charge on any atom is -0.325 e. The maximum atomic E-state index is 12.4. The number of halogens is 1. The monoisotopic (exact) mass is 324 g/mol. The molecular formula is C14H17ClN4O3. The van der Waals surface area contributed by atoms with Gasteiger partial charge in [0.2, 0.25) is 5.91 Å². The van der Waals surface area contributed by atoms with E-state index < -0.39 is 16.7 Å². The zero-order valence-corrected chi connectivity index (χ0v) is 13.6. The van der Waals surface area contributed by atoms with Crippen LogP contribution in [0.15, 0.2) is 21.9 Å². The first-order valence-corrected chi connectivity index (χ1v) is 7.16. The fourth-order valence-corrected chi connectivity index (χ4v) is 2.06. The zero-order valence-electron chi connectivity index (χ0n) is 12.8. The molecule has 2 rings (SSSR count). The van der Waals surface area contributed by atoms with E-state index in [0.29, 0.717) is 5.69 Å². The highest BCUT2D eigenvalue weighted by Crippen LogP contribution is 2.22. The highest BCUT2D eigenvalue weighted by atomic mass is 35.5. The molecule has 118 valence electrons. The standard InChI is InChI=1S/C14H17ClN4O3/c1-14(2,7-15)12(21)17-8-5-6-16-10-9(8)11(20)19(4)13(22)18(10)3/h5-6H,7H2,1-4H3,(H,16,17,21). The Bertz CT molecular complexity index is 867. The van der Waals surface area contributed by atoms with Crippen LogP contribution >= 0.6 is 11.6 Å². The van der Waals surface area contributed by atoms with Crippen LogP contribution in [0.4, 0.5) is 5.69 Å². The van der Waals surface area contributed by atoms with Gasteiger partial charge in [-0.25, -0.2) is 9.78 Å². The van der Waals surface area contributed by atoms with Crippen molar-refractivity contribution in [2.24, 2.45) is 19.5 Å². The van der Waals surface area contributed by atoms with Crippen molar-refractivity contribution in [3.05, 3.63) is 33.1 Å². The Morgan fingerprint density at radius 3 is 2.55 bits per heavy atom. The summed E-state index contributed by atoms with van der Waals surface area (Å²) in [6.07, 6.45) is 1.44. The van der Waals surface area contributed by atoms with Crippen LogP contribution in [0.25, 0.3) is 11.0 Å². The Labute approximate surface area is 131 Å². The Morgan fingerprint density at radius 2 is 1.95 bits per heavy atom. The van der Waals surface area contributed by atoms with Gasteiger partial charge in [-0.2, -0.15) is 0 Å². The van der Waals surface area contributed by atoms with Gasteiger partial charge >= 0.3 is 5.69 Å². The predicted molar refractivity (Wildman–Crippen MR) is 85.4 cm³/mol. The fraction of sp³-hybridized carbons (Fsp3) is 0.429. The fourth-order valence-electron chi connectivity index (χ4n) is 1.94. The third kappa shape index (κ3) is 2.52. The van der Waals surface area contributed by atoms with Crippen LogP contribution in [0.1, 0.15) is 13.8 Å². The van der Waals surface area contributed by atoms with E-state index in [1.807, 2.05) is 0 Å². The van der Waals surface area contributed by atoms with Crippen molar-refractivity contribution in [1.82, 2.24) is 14.1 Å². The van der Waals surface area contributed by atoms with Crippen LogP contribution in [-0.4, -0.2) is 25.9 Å². The molecule has 0 bridgehead atoms. The van der Waals surface area contributed by atoms with E-state index in [2.05, 4.69) is 10.3 Å². The molecule has 2 aromatic heterocycles. The minimum absolute atomic E-state index is 0.137. The third-order valence-electron chi connectivity index (χ3n) is 3.54. The molecule has 0 spiro atoms. The summed E-state index contributed by atoms with van der Waals surface area (Å²) in [6.45, 7) is 3.40. The number of rotatable bonds is 3. The number of nitrogens with zero attached hydrogens (tertiary/aromatic N) is 3. The van der Waals surface area contributed by atoms with Crippen molar-refractivity contribution in [3.63, 3.8) is 0 Å². The lowest BCUT2D eigenvalue weighted by atomic mass is 9.95. The number of carbonyl (C=O) groups excluding carboxylic acids is 1. The maximum Gasteiger partial charge on any atom is 0.332 e. The van der Waals surface area contributed by atoms with Crippen LogP contribution in [0.2, 0.25) is 0 Å². The maximum absolute atomic E-state index is 12.4. The highest BCUT2D eigenvalue weighted by molar-refractivity contribution is 6.20. The molecule has 0 saturated heterocycles. The van der Waals surface area contributed by atoms with Gasteiger partial charge in [0, 0.05) is 26.2 Å². The number of anilines is 1. The van der Waals surface area contributed by atoms with Crippen molar-refractivity contribution in [3.8, 4) is 0 Å². The molecule has 0 aromatic carbocycles. The van der Waals surface area contributed by atoms with Crippen molar-refractivity contribution < 1.29 is 4.79 Å². The lowest BCUT2D eigenvalue weighted by molar-refractivity contribution is -0.122. The summed E-state index contributed by atoms with van der Waals surface area (Å²) in [5, 5.41) is 2.88. The van der Waals surface area contributed by atoms with Crippen LogP contribution in [-0.2, 0) is 18.9 Å². The number of alkyl halides is 1. The third-order valence-corrected chi connectivity index (χ3v) is 4.21. The van der Waals surface area contributed by atoms with Gasteiger partial charge in [0.25, 0.3) is 5.56 Å². The van der Waals surface area contributed by atoms with E-state index in [4.69, 9.17) is 11.6 Å². The summed E-state index contributed by atoms with van der Waals surface area (Å²) in [6, 6.07) is 1.52. The molecule has 22 heavy (non-hydrogen) atoms. The number of fused-ring (bicyclic) bond motifs is 1. The van der Waals surface area contributed by atoms with E-state index in [-0.39, 0.29) is 22.8 Å². The second-order valence-electron chi connectivity index (χ2n) is 5.73. The molecule has 0 atom stereocenters. The second-order valence-corrected chi connectivity index (χ2v) is 6.00. The molecule has 0 saturated carbocycles. The van der Waals surface area contributed by atoms with E-state index in [1.165, 1.54) is 30.9 Å². The number of amides is 1. The predicted octanol–water partition coefficient (Wildman–Crippen LogP) is 0.836. The van der Waals surface area contributed by atoms with Crippen molar-refractivity contribution >= 4 is 34.2 Å². The van der Waals surface area contributed by atoms with E-state index in [9.17, 15) is 14.4 Å². The number of aromatic nitrogens is 3. The van der Waals surface area contributed by atoms with Crippen molar-refractivity contribution in [2.75, 3.05) is 11.2 Å². The van der Waals surface area contributed by atoms with E-state index in [1.54, 1.807) is 13.8 Å². The molecule has 1 amide bonds. The van der Waals surface area contributed by atoms with Crippen LogP contribution in [0.5, 0.6) is 0 Å². The number of carbonyl (C=O) groups is 1. The lowest BCUT2D eigenvalue weighted by Gasteiger charge is -2.21. The second kappa shape index (κ2) is 5.57. The summed E-state index contributed by atoms with van der Waals surface area (Å²) < 4.78 is 2.24. The first-order valence-electron chi connectivity index (χ1n) is 6.63. The molecule has 2 heterocycles. The van der Waals surface area contributed by atoms with Crippen molar-refractivity contribution in [2.45, 2.75) is 13.8 Å². The smallest absolute Gasteiger partial charge is 0.325 e. The molecule has 0 aliphatic carbocycles. The number of pyridine rings is 1. The van der Waals surface area contributed by atoms with Crippen LogP contribution in [0.3, 0.4) is 0 Å². The average Bonchev–Trinajstić information content (AvgIpc) is 2.50. The average molecular weight is 325 g/mol. The first-order chi connectivity index (χ1) is 10.2. The number of hydrogen-bond acceptors (Lipinski definition) is 4. The number of nitrogens with one attached hydrogen (secondary N) is 1. The van der Waals surface area contributed by atoms with Gasteiger partial charge < -0.3 is 5.32 Å². The molecule has 0 unspecified atom stereocenters. The summed E-state index contributed by atoms with van der Waals surface area (Å²) in [5.41, 5.74) is -1.25. The largest absolute Gasteiger partial charge is 0.332 e. The summed E-state index contributed by atoms with van der Waals surface area (Å²) in [4.78, 5) is 40.6. The number of aryl methyl sites for hydroxylation is 1. The SMILES string of the molecule is Cn1c(=O)c2c(NC(=O)C(C)(C)CCl)ccnc2n(C)c1=O. The lowest BCUT2D eigenvalue weighted by Crippen LogP contribution is -2.38. The van der Waals surface area contributed by atoms with Gasteiger partial charge in [-0.3, -0.25) is 18.7 Å². The quantitative estimate of drug-likeness (QED) is 0.848. The molecule has 0 aliphatic rings. The Kier molecular flexibility index (Phi) is 4.10. The van der Waals surface area contributed by atoms with Gasteiger partial charge in [-0.15, -0.1) is 11.6 Å². The molecule has 1 N–H and O–H groups in total. The highest BCUT2D eigenvalue weighted by Gasteiger charge is 2.27. The first kappa shape index (κ1) is 16.2. The van der Waals surface area contributed by atoms with Gasteiger partial charge in [-0.05, 0) is 19.9 Å². The van der Waals surface area contributed by atoms with E-state index >= 15 is 0 Å². The molecule has 2 aromatic rings. The summed E-state index contributed by atoms with van der Waals surface area (Å²) in [7, 11) is 2.90. The van der Waals surface area contributed by atoms with Gasteiger partial charge in [0.05, 0.1) is 11.1 Å². The van der Waals surface area contributed by atoms with E-state index in [0.717, 1.165) is 4.57 Å². The van der Waals surface area contributed by atoms with Crippen molar-refractivity contribution in [1.29, 1.82) is 0 Å². The molecule has 8 heteroatoms. The van der Waals surface area contributed by atoms with Crippen LogP contribution < -0.4 is 16.6 Å². The normalized spacial score (nSPS) is 11.7. The Hall–Kier alpha value is -2.15. The summed E-state index contributed by atoms with van der Waals surface area (Å²) in [5.74, 6) is -0.177. The molecule has 0 radical (unpaired) electrons. The Balaban J connectivity index is 2.70. The van der Waals surface area contributed by atoms with Gasteiger partial charge in [-0.1, -0.05) is 0 Å². The number of hydrogen-bond donors (Lipinski definition) is 1. The minimum atomic E-state index is -0.789. The topological polar surface area (TPSA) is 86.0 Å². The zero-order chi connectivity index (χ0) is 16.7. The summed E-state index contributed by atoms with van der Waals surface area (Å²) >= 11 is 5.79. The molecule has 0 fully saturated rings. The van der Waals surface area contributed by atoms with Crippen LogP contribution in [0, 0.1) is 5.41 Å². The molecular weight excluding hydrogens is 308 g/mol. The Morgan fingerprint density at radius 1 is 1.32 bits per heavy atom. The van der Waals surface area contributed by atoms with Gasteiger partial charge in [0.15, 0.2) is 5.65 Å².